The number of likely N-dealkylation sites (tertiary alicyclic amines) is 1. The molecule has 4 rings (SSSR count). The number of nitrogens with zero attached hydrogens (tertiary/aromatic N) is 2. The Morgan fingerprint density at radius 3 is 2.68 bits per heavy atom. The lowest BCUT2D eigenvalue weighted by Gasteiger charge is -2.36. The van der Waals surface area contributed by atoms with Crippen LogP contribution in [0.25, 0.3) is 0 Å². The quantitative estimate of drug-likeness (QED) is 0.713. The molecule has 31 heavy (non-hydrogen) atoms. The summed E-state index contributed by atoms with van der Waals surface area (Å²) in [7, 11) is 0. The van der Waals surface area contributed by atoms with Crippen molar-refractivity contribution < 1.29 is 9.53 Å². The molecule has 2 aromatic rings. The number of pyridine rings is 1. The van der Waals surface area contributed by atoms with Crippen molar-refractivity contribution in [3.05, 3.63) is 59.4 Å². The summed E-state index contributed by atoms with van der Waals surface area (Å²) in [6.45, 7) is 6.32. The van der Waals surface area contributed by atoms with E-state index in [-0.39, 0.29) is 18.1 Å². The first-order valence-electron chi connectivity index (χ1n) is 11.8. The van der Waals surface area contributed by atoms with Crippen LogP contribution in [0.2, 0.25) is 0 Å². The summed E-state index contributed by atoms with van der Waals surface area (Å²) in [5, 5.41) is 3.10. The van der Waals surface area contributed by atoms with Gasteiger partial charge < -0.3 is 15.0 Å². The Bertz CT molecular complexity index is 870. The number of carbonyl (C=O) groups excluding carboxylic acids is 1. The summed E-state index contributed by atoms with van der Waals surface area (Å²) >= 11 is 0. The van der Waals surface area contributed by atoms with Gasteiger partial charge in [0.25, 0.3) is 5.91 Å². The number of carbonyl (C=O) groups is 1. The molecule has 0 unspecified atom stereocenters. The minimum Gasteiger partial charge on any atom is -0.490 e. The van der Waals surface area contributed by atoms with E-state index in [1.807, 2.05) is 37.3 Å². The van der Waals surface area contributed by atoms with E-state index in [0.717, 1.165) is 49.0 Å². The molecule has 2 heterocycles. The van der Waals surface area contributed by atoms with Crippen LogP contribution in [0.4, 0.5) is 0 Å². The van der Waals surface area contributed by atoms with Crippen molar-refractivity contribution in [3.8, 4) is 5.75 Å². The Hall–Kier alpha value is -2.40. The zero-order valence-corrected chi connectivity index (χ0v) is 18.8. The van der Waals surface area contributed by atoms with Gasteiger partial charge in [-0.25, -0.2) is 0 Å². The molecule has 0 bridgehead atoms. The van der Waals surface area contributed by atoms with Gasteiger partial charge in [0.05, 0.1) is 0 Å². The predicted octanol–water partition coefficient (Wildman–Crippen LogP) is 4.54. The van der Waals surface area contributed by atoms with E-state index in [0.29, 0.717) is 12.0 Å². The Kier molecular flexibility index (Phi) is 7.23. The zero-order chi connectivity index (χ0) is 21.6. The van der Waals surface area contributed by atoms with E-state index < -0.39 is 0 Å². The number of rotatable bonds is 7. The Labute approximate surface area is 186 Å². The second kappa shape index (κ2) is 10.3. The van der Waals surface area contributed by atoms with Crippen LogP contribution in [0, 0.1) is 6.92 Å². The van der Waals surface area contributed by atoms with E-state index in [2.05, 4.69) is 28.2 Å². The molecule has 2 fully saturated rings. The average Bonchev–Trinajstić information content (AvgIpc) is 3.31. The van der Waals surface area contributed by atoms with Gasteiger partial charge in [-0.15, -0.1) is 0 Å². The molecule has 0 radical (unpaired) electrons. The zero-order valence-electron chi connectivity index (χ0n) is 18.8. The number of ether oxygens (including phenoxy) is 1. The minimum absolute atomic E-state index is 0.00518. The van der Waals surface area contributed by atoms with E-state index in [9.17, 15) is 4.79 Å². The predicted molar refractivity (Wildman–Crippen MR) is 124 cm³/mol. The second-order valence-electron chi connectivity index (χ2n) is 9.16. The molecule has 1 saturated carbocycles. The molecule has 0 spiro atoms. The van der Waals surface area contributed by atoms with Crippen molar-refractivity contribution >= 4 is 5.91 Å². The van der Waals surface area contributed by atoms with E-state index in [4.69, 9.17) is 4.74 Å². The lowest BCUT2D eigenvalue weighted by Crippen LogP contribution is -2.43. The Morgan fingerprint density at radius 2 is 1.94 bits per heavy atom. The molecule has 1 atom stereocenters. The molecule has 1 saturated heterocycles. The highest BCUT2D eigenvalue weighted by Gasteiger charge is 2.27. The van der Waals surface area contributed by atoms with Crippen molar-refractivity contribution in [2.45, 2.75) is 77.0 Å². The van der Waals surface area contributed by atoms with Crippen LogP contribution in [0.3, 0.4) is 0 Å². The van der Waals surface area contributed by atoms with Crippen LogP contribution in [-0.4, -0.2) is 47.1 Å². The normalized spacial score (nSPS) is 19.3. The molecule has 1 aliphatic carbocycles. The first-order valence-corrected chi connectivity index (χ1v) is 11.8. The maximum absolute atomic E-state index is 12.8. The van der Waals surface area contributed by atoms with Gasteiger partial charge in [-0.05, 0) is 69.4 Å². The number of aryl methyl sites for hydroxylation is 1. The number of piperidine rings is 1. The fourth-order valence-corrected chi connectivity index (χ4v) is 4.91. The van der Waals surface area contributed by atoms with E-state index in [1.165, 1.54) is 25.7 Å². The van der Waals surface area contributed by atoms with Crippen molar-refractivity contribution in [2.24, 2.45) is 0 Å². The third kappa shape index (κ3) is 5.85. The highest BCUT2D eigenvalue weighted by Crippen LogP contribution is 2.27. The molecule has 1 aliphatic heterocycles. The van der Waals surface area contributed by atoms with Crippen LogP contribution in [0.1, 0.15) is 67.1 Å². The van der Waals surface area contributed by atoms with Gasteiger partial charge in [0.2, 0.25) is 0 Å². The molecule has 1 N–H and O–H groups in total. The summed E-state index contributed by atoms with van der Waals surface area (Å²) in [6, 6.07) is 12.4. The van der Waals surface area contributed by atoms with Crippen LogP contribution in [0.5, 0.6) is 5.75 Å². The molecule has 1 aromatic carbocycles. The van der Waals surface area contributed by atoms with Crippen molar-refractivity contribution in [1.29, 1.82) is 0 Å². The van der Waals surface area contributed by atoms with Crippen LogP contribution in [0.15, 0.2) is 42.6 Å². The third-order valence-corrected chi connectivity index (χ3v) is 6.71. The Balaban J connectivity index is 1.28. The van der Waals surface area contributed by atoms with Crippen molar-refractivity contribution in [1.82, 2.24) is 15.2 Å². The summed E-state index contributed by atoms with van der Waals surface area (Å²) < 4.78 is 6.26. The average molecular weight is 422 g/mol. The number of benzene rings is 1. The maximum atomic E-state index is 12.8. The van der Waals surface area contributed by atoms with E-state index in [1.54, 1.807) is 6.20 Å². The number of hydrogen-bond acceptors (Lipinski definition) is 4. The van der Waals surface area contributed by atoms with Gasteiger partial charge in [-0.2, -0.15) is 0 Å². The minimum atomic E-state index is -0.0670. The first-order chi connectivity index (χ1) is 15.1. The smallest absolute Gasteiger partial charge is 0.251 e. The molecular formula is C26H35N3O2. The van der Waals surface area contributed by atoms with Crippen molar-refractivity contribution in [3.63, 3.8) is 0 Å². The number of nitrogens with one attached hydrogen (secondary N) is 1. The van der Waals surface area contributed by atoms with Gasteiger partial charge in [0.1, 0.15) is 11.9 Å². The van der Waals surface area contributed by atoms with Gasteiger partial charge in [-0.1, -0.05) is 25.0 Å². The highest BCUT2D eigenvalue weighted by atomic mass is 16.5. The lowest BCUT2D eigenvalue weighted by atomic mass is 10.0. The van der Waals surface area contributed by atoms with E-state index >= 15 is 0 Å². The van der Waals surface area contributed by atoms with Gasteiger partial charge in [-0.3, -0.25) is 9.78 Å². The second-order valence-corrected chi connectivity index (χ2v) is 9.16. The molecule has 2 aliphatic rings. The van der Waals surface area contributed by atoms with Gasteiger partial charge in [0, 0.05) is 49.0 Å². The standard InChI is InChI=1S/C26H35N3O2/c1-19-7-6-14-27-25(19)17-20(2)28-26(30)21-8-5-11-24(18-21)31-23-12-15-29(16-13-23)22-9-3-4-10-22/h5-8,11,14,18,20,22-23H,3-4,9-10,12-13,15-17H2,1-2H3,(H,28,30)/t20-/m1/s1. The van der Waals surface area contributed by atoms with Gasteiger partial charge in [0.15, 0.2) is 0 Å². The molecule has 166 valence electrons. The van der Waals surface area contributed by atoms with Gasteiger partial charge >= 0.3 is 0 Å². The lowest BCUT2D eigenvalue weighted by molar-refractivity contribution is 0.0765. The number of amides is 1. The fourth-order valence-electron chi connectivity index (χ4n) is 4.91. The molecule has 5 heteroatoms. The first kappa shape index (κ1) is 21.8. The van der Waals surface area contributed by atoms with Crippen LogP contribution in [-0.2, 0) is 6.42 Å². The monoisotopic (exact) mass is 421 g/mol. The molecule has 1 amide bonds. The van der Waals surface area contributed by atoms with Crippen molar-refractivity contribution in [2.75, 3.05) is 13.1 Å². The summed E-state index contributed by atoms with van der Waals surface area (Å²) in [4.78, 5) is 19.9. The molecule has 1 aromatic heterocycles. The number of hydrogen-bond donors (Lipinski definition) is 1. The Morgan fingerprint density at radius 1 is 1.16 bits per heavy atom. The van der Waals surface area contributed by atoms with Crippen LogP contribution >= 0.6 is 0 Å². The van der Waals surface area contributed by atoms with Crippen LogP contribution < -0.4 is 10.1 Å². The third-order valence-electron chi connectivity index (χ3n) is 6.71. The highest BCUT2D eigenvalue weighted by molar-refractivity contribution is 5.94. The largest absolute Gasteiger partial charge is 0.490 e. The molecule has 5 nitrogen and oxygen atoms in total. The topological polar surface area (TPSA) is 54.5 Å². The summed E-state index contributed by atoms with van der Waals surface area (Å²) in [5.41, 5.74) is 2.82. The number of aromatic nitrogens is 1. The molecular weight excluding hydrogens is 386 g/mol. The maximum Gasteiger partial charge on any atom is 0.251 e. The fraction of sp³-hybridized carbons (Fsp3) is 0.538. The summed E-state index contributed by atoms with van der Waals surface area (Å²) in [6.07, 6.45) is 10.4. The summed E-state index contributed by atoms with van der Waals surface area (Å²) in [5.74, 6) is 0.725. The SMILES string of the molecule is Cc1cccnc1C[C@@H](C)NC(=O)c1cccc(OC2CCN(C3CCCC3)CC2)c1.